The van der Waals surface area contributed by atoms with Crippen molar-refractivity contribution in [1.82, 2.24) is 24.9 Å². The predicted molar refractivity (Wildman–Crippen MR) is 86.0 cm³/mol. The summed E-state index contributed by atoms with van der Waals surface area (Å²) in [5.74, 6) is 1.26. The first-order valence-corrected chi connectivity index (χ1v) is 8.33. The monoisotopic (exact) mass is 319 g/mol. The minimum absolute atomic E-state index is 0.0169. The summed E-state index contributed by atoms with van der Waals surface area (Å²) in [6.45, 7) is 3.29. The van der Waals surface area contributed by atoms with E-state index >= 15 is 0 Å². The number of carbonyl (C=O) groups excluding carboxylic acids is 2. The highest BCUT2D eigenvalue weighted by Gasteiger charge is 2.34. The lowest BCUT2D eigenvalue weighted by Crippen LogP contribution is -2.44. The lowest BCUT2D eigenvalue weighted by Gasteiger charge is -2.34. The number of likely N-dealkylation sites (tertiary alicyclic amines) is 2. The zero-order valence-corrected chi connectivity index (χ0v) is 13.9. The van der Waals surface area contributed by atoms with Crippen molar-refractivity contribution in [2.45, 2.75) is 19.3 Å². The Bertz CT molecular complexity index is 577. The zero-order valence-electron chi connectivity index (χ0n) is 13.9. The number of hydrogen-bond acceptors (Lipinski definition) is 3. The van der Waals surface area contributed by atoms with Crippen molar-refractivity contribution in [3.05, 3.63) is 18.0 Å². The van der Waals surface area contributed by atoms with Crippen molar-refractivity contribution in [1.29, 1.82) is 0 Å². The molecule has 1 aromatic rings. The Balaban J connectivity index is 1.52. The molecule has 0 bridgehead atoms. The number of piperidine rings is 1. The van der Waals surface area contributed by atoms with Gasteiger partial charge in [-0.1, -0.05) is 0 Å². The van der Waals surface area contributed by atoms with Gasteiger partial charge in [-0.2, -0.15) is 5.10 Å². The van der Waals surface area contributed by atoms with Gasteiger partial charge in [0.2, 0.25) is 0 Å². The number of nitrogens with zero attached hydrogens (tertiary/aromatic N) is 4. The largest absolute Gasteiger partial charge is 0.341 e. The molecule has 126 valence electrons. The molecule has 0 aromatic carbocycles. The fourth-order valence-electron chi connectivity index (χ4n) is 3.80. The quantitative estimate of drug-likeness (QED) is 0.882. The third-order valence-corrected chi connectivity index (χ3v) is 5.17. The van der Waals surface area contributed by atoms with Gasteiger partial charge in [-0.05, 0) is 31.1 Å². The third-order valence-electron chi connectivity index (χ3n) is 5.17. The van der Waals surface area contributed by atoms with E-state index in [4.69, 9.17) is 0 Å². The van der Waals surface area contributed by atoms with Crippen molar-refractivity contribution >= 4 is 11.9 Å². The maximum Gasteiger partial charge on any atom is 0.317 e. The van der Waals surface area contributed by atoms with Gasteiger partial charge in [-0.3, -0.25) is 9.48 Å². The summed E-state index contributed by atoms with van der Waals surface area (Å²) in [5.41, 5.74) is 0.669. The molecule has 0 spiro atoms. The van der Waals surface area contributed by atoms with E-state index in [1.165, 1.54) is 0 Å². The minimum Gasteiger partial charge on any atom is -0.341 e. The molecule has 2 fully saturated rings. The van der Waals surface area contributed by atoms with E-state index in [-0.39, 0.29) is 11.9 Å². The van der Waals surface area contributed by atoms with Crippen LogP contribution >= 0.6 is 0 Å². The summed E-state index contributed by atoms with van der Waals surface area (Å²) >= 11 is 0. The molecule has 2 aliphatic heterocycles. The Kier molecular flexibility index (Phi) is 4.54. The summed E-state index contributed by atoms with van der Waals surface area (Å²) in [6, 6.07) is 0.0169. The first kappa shape index (κ1) is 15.8. The molecular weight excluding hydrogens is 294 g/mol. The van der Waals surface area contributed by atoms with Gasteiger partial charge >= 0.3 is 6.03 Å². The maximum absolute atomic E-state index is 12.5. The highest BCUT2D eigenvalue weighted by molar-refractivity contribution is 5.93. The van der Waals surface area contributed by atoms with Crippen molar-refractivity contribution < 1.29 is 9.59 Å². The van der Waals surface area contributed by atoms with Gasteiger partial charge in [0.05, 0.1) is 11.8 Å². The fraction of sp³-hybridized carbons (Fsp3) is 0.688. The predicted octanol–water partition coefficient (Wildman–Crippen LogP) is 0.934. The lowest BCUT2D eigenvalue weighted by molar-refractivity contribution is 0.0777. The van der Waals surface area contributed by atoms with Crippen LogP contribution in [0, 0.1) is 11.8 Å². The van der Waals surface area contributed by atoms with Crippen LogP contribution < -0.4 is 5.32 Å². The van der Waals surface area contributed by atoms with Gasteiger partial charge in [0.1, 0.15) is 0 Å². The molecule has 3 heterocycles. The summed E-state index contributed by atoms with van der Waals surface area (Å²) in [6.07, 6.45) is 6.55. The molecule has 2 saturated heterocycles. The van der Waals surface area contributed by atoms with Crippen LogP contribution in [0.3, 0.4) is 0 Å². The van der Waals surface area contributed by atoms with E-state index in [9.17, 15) is 9.59 Å². The first-order valence-electron chi connectivity index (χ1n) is 8.33. The minimum atomic E-state index is 0.0169. The van der Waals surface area contributed by atoms with Crippen molar-refractivity contribution in [3.8, 4) is 0 Å². The molecule has 1 atom stereocenters. The molecular formula is C16H25N5O2. The second kappa shape index (κ2) is 6.60. The first-order chi connectivity index (χ1) is 11.1. The van der Waals surface area contributed by atoms with Crippen LogP contribution in [0.2, 0.25) is 0 Å². The van der Waals surface area contributed by atoms with Gasteiger partial charge in [0.15, 0.2) is 0 Å². The number of urea groups is 1. The Morgan fingerprint density at radius 2 is 1.78 bits per heavy atom. The smallest absolute Gasteiger partial charge is 0.317 e. The van der Waals surface area contributed by atoms with Crippen LogP contribution in [0.25, 0.3) is 0 Å². The second-order valence-corrected chi connectivity index (χ2v) is 6.58. The number of carbonyl (C=O) groups is 2. The standard InChI is InChI=1S/C16H25N5O2/c1-17-16(23)20-6-3-12(4-7-20)13-5-8-21(11-13)15(22)14-9-18-19(2)10-14/h9-10,12-13H,3-8,11H2,1-2H3,(H,17,23). The molecule has 23 heavy (non-hydrogen) atoms. The van der Waals surface area contributed by atoms with Crippen LogP contribution in [-0.4, -0.2) is 64.7 Å². The normalized spacial score (nSPS) is 22.4. The van der Waals surface area contributed by atoms with E-state index in [2.05, 4.69) is 10.4 Å². The van der Waals surface area contributed by atoms with Crippen molar-refractivity contribution in [3.63, 3.8) is 0 Å². The van der Waals surface area contributed by atoms with Crippen molar-refractivity contribution in [2.75, 3.05) is 33.2 Å². The van der Waals surface area contributed by atoms with Crippen LogP contribution in [0.5, 0.6) is 0 Å². The van der Waals surface area contributed by atoms with E-state index < -0.39 is 0 Å². The Morgan fingerprint density at radius 3 is 2.39 bits per heavy atom. The van der Waals surface area contributed by atoms with Crippen LogP contribution in [0.4, 0.5) is 4.79 Å². The lowest BCUT2D eigenvalue weighted by atomic mass is 9.84. The highest BCUT2D eigenvalue weighted by Crippen LogP contribution is 2.32. The zero-order chi connectivity index (χ0) is 16.4. The van der Waals surface area contributed by atoms with Gasteiger partial charge in [0.25, 0.3) is 5.91 Å². The molecule has 1 N–H and O–H groups in total. The number of nitrogens with one attached hydrogen (secondary N) is 1. The summed E-state index contributed by atoms with van der Waals surface area (Å²) in [4.78, 5) is 28.0. The van der Waals surface area contributed by atoms with Gasteiger partial charge < -0.3 is 15.1 Å². The number of aryl methyl sites for hydroxylation is 1. The molecule has 0 radical (unpaired) electrons. The molecule has 0 saturated carbocycles. The summed E-state index contributed by atoms with van der Waals surface area (Å²) in [7, 11) is 3.50. The molecule has 1 unspecified atom stereocenters. The molecule has 3 amide bonds. The average Bonchev–Trinajstić information content (AvgIpc) is 3.23. The van der Waals surface area contributed by atoms with Gasteiger partial charge in [-0.15, -0.1) is 0 Å². The van der Waals surface area contributed by atoms with E-state index in [1.54, 1.807) is 24.1 Å². The van der Waals surface area contributed by atoms with Crippen LogP contribution in [0.15, 0.2) is 12.4 Å². The molecule has 2 aliphatic rings. The fourth-order valence-corrected chi connectivity index (χ4v) is 3.80. The van der Waals surface area contributed by atoms with Crippen molar-refractivity contribution in [2.24, 2.45) is 18.9 Å². The summed E-state index contributed by atoms with van der Waals surface area (Å²) in [5, 5.41) is 6.76. The average molecular weight is 319 g/mol. The number of hydrogen-bond donors (Lipinski definition) is 1. The Labute approximate surface area is 136 Å². The number of rotatable bonds is 2. The van der Waals surface area contributed by atoms with E-state index in [0.717, 1.165) is 45.4 Å². The molecule has 7 nitrogen and oxygen atoms in total. The van der Waals surface area contributed by atoms with Gasteiger partial charge in [-0.25, -0.2) is 4.79 Å². The highest BCUT2D eigenvalue weighted by atomic mass is 16.2. The van der Waals surface area contributed by atoms with Crippen LogP contribution in [0.1, 0.15) is 29.6 Å². The molecule has 1 aromatic heterocycles. The molecule has 7 heteroatoms. The molecule has 0 aliphatic carbocycles. The maximum atomic E-state index is 12.5. The second-order valence-electron chi connectivity index (χ2n) is 6.58. The Hall–Kier alpha value is -2.05. The molecule has 3 rings (SSSR count). The van der Waals surface area contributed by atoms with Gasteiger partial charge in [0, 0.05) is 46.5 Å². The SMILES string of the molecule is CNC(=O)N1CCC(C2CCN(C(=O)c3cnn(C)c3)C2)CC1. The number of amides is 3. The number of aromatic nitrogens is 2. The van der Waals surface area contributed by atoms with E-state index in [1.807, 2.05) is 16.8 Å². The van der Waals surface area contributed by atoms with E-state index in [0.29, 0.717) is 17.4 Å². The third kappa shape index (κ3) is 3.33. The summed E-state index contributed by atoms with van der Waals surface area (Å²) < 4.78 is 1.66. The topological polar surface area (TPSA) is 70.5 Å². The van der Waals surface area contributed by atoms with Crippen LogP contribution in [-0.2, 0) is 7.05 Å². The Morgan fingerprint density at radius 1 is 1.13 bits per heavy atom.